The molecule has 2 heterocycles. The SMILES string of the molecule is CCOC(=O)C1CN2CCN(Cc3ccc(Cl)c(Cl)c3)C(=O)C2=C1O. The van der Waals surface area contributed by atoms with E-state index in [1.54, 1.807) is 34.9 Å². The molecule has 0 aromatic heterocycles. The number of hydrogen-bond acceptors (Lipinski definition) is 5. The Morgan fingerprint density at radius 3 is 2.76 bits per heavy atom. The number of benzene rings is 1. The van der Waals surface area contributed by atoms with E-state index in [2.05, 4.69) is 0 Å². The van der Waals surface area contributed by atoms with Crippen LogP contribution in [0.3, 0.4) is 0 Å². The number of hydrogen-bond donors (Lipinski definition) is 1. The van der Waals surface area contributed by atoms with Gasteiger partial charge in [-0.1, -0.05) is 29.3 Å². The Hall–Kier alpha value is -1.92. The van der Waals surface area contributed by atoms with Crippen molar-refractivity contribution in [2.24, 2.45) is 5.92 Å². The number of carbonyl (C=O) groups is 2. The number of amides is 1. The molecule has 0 aliphatic carbocycles. The van der Waals surface area contributed by atoms with Crippen LogP contribution in [0.5, 0.6) is 0 Å². The second kappa shape index (κ2) is 7.14. The lowest BCUT2D eigenvalue weighted by molar-refractivity contribution is -0.147. The van der Waals surface area contributed by atoms with Crippen LogP contribution in [0, 0.1) is 5.92 Å². The maximum Gasteiger partial charge on any atom is 0.318 e. The van der Waals surface area contributed by atoms with Gasteiger partial charge in [0.1, 0.15) is 17.4 Å². The third kappa shape index (κ3) is 3.41. The van der Waals surface area contributed by atoms with Gasteiger partial charge in [-0.05, 0) is 24.6 Å². The Morgan fingerprint density at radius 1 is 1.32 bits per heavy atom. The number of halogens is 2. The minimum absolute atomic E-state index is 0.185. The molecule has 25 heavy (non-hydrogen) atoms. The lowest BCUT2D eigenvalue weighted by atomic mass is 10.1. The lowest BCUT2D eigenvalue weighted by Gasteiger charge is -2.34. The molecule has 0 radical (unpaired) electrons. The Morgan fingerprint density at radius 2 is 2.08 bits per heavy atom. The molecule has 0 bridgehead atoms. The first kappa shape index (κ1) is 17.9. The van der Waals surface area contributed by atoms with Crippen molar-refractivity contribution in [3.63, 3.8) is 0 Å². The van der Waals surface area contributed by atoms with E-state index in [0.717, 1.165) is 5.56 Å². The number of aliphatic hydroxyl groups excluding tert-OH is 1. The highest BCUT2D eigenvalue weighted by molar-refractivity contribution is 6.42. The third-order valence-electron chi connectivity index (χ3n) is 4.35. The summed E-state index contributed by atoms with van der Waals surface area (Å²) in [6.45, 7) is 3.59. The van der Waals surface area contributed by atoms with Crippen LogP contribution in [0.4, 0.5) is 0 Å². The van der Waals surface area contributed by atoms with Crippen LogP contribution < -0.4 is 0 Å². The van der Waals surface area contributed by atoms with Gasteiger partial charge >= 0.3 is 5.97 Å². The molecule has 1 N–H and O–H groups in total. The number of carbonyl (C=O) groups excluding carboxylic acids is 2. The number of aliphatic hydroxyl groups is 1. The van der Waals surface area contributed by atoms with Crippen LogP contribution in [-0.2, 0) is 20.9 Å². The van der Waals surface area contributed by atoms with Gasteiger partial charge in [0.15, 0.2) is 0 Å². The van der Waals surface area contributed by atoms with E-state index in [1.165, 1.54) is 0 Å². The molecule has 0 saturated carbocycles. The topological polar surface area (TPSA) is 70.1 Å². The lowest BCUT2D eigenvalue weighted by Crippen LogP contribution is -2.47. The number of fused-ring (bicyclic) bond motifs is 1. The van der Waals surface area contributed by atoms with Crippen LogP contribution in [0.15, 0.2) is 29.7 Å². The van der Waals surface area contributed by atoms with E-state index in [9.17, 15) is 14.7 Å². The molecule has 3 rings (SSSR count). The van der Waals surface area contributed by atoms with E-state index >= 15 is 0 Å². The first-order valence-electron chi connectivity index (χ1n) is 8.00. The van der Waals surface area contributed by atoms with E-state index in [1.807, 2.05) is 0 Å². The first-order valence-corrected chi connectivity index (χ1v) is 8.75. The first-order chi connectivity index (χ1) is 11.9. The number of piperazine rings is 1. The van der Waals surface area contributed by atoms with E-state index in [0.29, 0.717) is 29.7 Å². The van der Waals surface area contributed by atoms with Crippen molar-refractivity contribution in [3.8, 4) is 0 Å². The standard InChI is InChI=1S/C17H18Cl2N2O4/c1-2-25-17(24)11-9-20-5-6-21(16(23)14(20)15(11)22)8-10-3-4-12(18)13(19)7-10/h3-4,7,11,22H,2,5-6,8-9H2,1H3. The molecule has 2 aliphatic heterocycles. The maximum absolute atomic E-state index is 12.8. The fourth-order valence-electron chi connectivity index (χ4n) is 3.10. The van der Waals surface area contributed by atoms with E-state index < -0.39 is 11.9 Å². The Bertz CT molecular complexity index is 750. The van der Waals surface area contributed by atoms with Crippen molar-refractivity contribution in [2.75, 3.05) is 26.2 Å². The van der Waals surface area contributed by atoms with Gasteiger partial charge in [-0.3, -0.25) is 9.59 Å². The van der Waals surface area contributed by atoms with Crippen LogP contribution >= 0.6 is 23.2 Å². The van der Waals surface area contributed by atoms with Crippen LogP contribution in [0.25, 0.3) is 0 Å². The van der Waals surface area contributed by atoms with Gasteiger partial charge in [0.05, 0.1) is 16.7 Å². The largest absolute Gasteiger partial charge is 0.509 e. The second-order valence-corrected chi connectivity index (χ2v) is 6.77. The Balaban J connectivity index is 1.79. The zero-order chi connectivity index (χ0) is 18.1. The minimum atomic E-state index is -0.802. The normalized spacial score (nSPS) is 20.1. The van der Waals surface area contributed by atoms with Gasteiger partial charge in [0, 0.05) is 26.2 Å². The van der Waals surface area contributed by atoms with Gasteiger partial charge in [-0.15, -0.1) is 0 Å². The molecule has 1 fully saturated rings. The van der Waals surface area contributed by atoms with Gasteiger partial charge in [-0.25, -0.2) is 0 Å². The van der Waals surface area contributed by atoms with Crippen molar-refractivity contribution in [1.82, 2.24) is 9.80 Å². The van der Waals surface area contributed by atoms with Crippen LogP contribution in [-0.4, -0.2) is 53.0 Å². The number of rotatable bonds is 4. The summed E-state index contributed by atoms with van der Waals surface area (Å²) in [5, 5.41) is 11.2. The molecule has 1 saturated heterocycles. The summed E-state index contributed by atoms with van der Waals surface area (Å²) in [6, 6.07) is 5.20. The summed E-state index contributed by atoms with van der Waals surface area (Å²) < 4.78 is 4.97. The number of esters is 1. The summed E-state index contributed by atoms with van der Waals surface area (Å²) in [5.41, 5.74) is 1.03. The highest BCUT2D eigenvalue weighted by Gasteiger charge is 2.43. The predicted molar refractivity (Wildman–Crippen MR) is 93.2 cm³/mol. The smallest absolute Gasteiger partial charge is 0.318 e. The average molecular weight is 385 g/mol. The molecule has 1 amide bonds. The molecule has 1 atom stereocenters. The molecule has 0 spiro atoms. The Kier molecular flexibility index (Phi) is 5.11. The fourth-order valence-corrected chi connectivity index (χ4v) is 3.42. The molecule has 1 aromatic carbocycles. The summed E-state index contributed by atoms with van der Waals surface area (Å²) in [6.07, 6.45) is 0. The zero-order valence-electron chi connectivity index (χ0n) is 13.7. The minimum Gasteiger partial charge on any atom is -0.509 e. The predicted octanol–water partition coefficient (Wildman–Crippen LogP) is 2.60. The molecular weight excluding hydrogens is 367 g/mol. The highest BCUT2D eigenvalue weighted by Crippen LogP contribution is 2.32. The van der Waals surface area contributed by atoms with Gasteiger partial charge in [0.2, 0.25) is 0 Å². The third-order valence-corrected chi connectivity index (χ3v) is 5.09. The quantitative estimate of drug-likeness (QED) is 0.807. The summed E-state index contributed by atoms with van der Waals surface area (Å²) >= 11 is 11.9. The van der Waals surface area contributed by atoms with Gasteiger partial charge < -0.3 is 19.6 Å². The monoisotopic (exact) mass is 384 g/mol. The molecule has 6 nitrogen and oxygen atoms in total. The van der Waals surface area contributed by atoms with E-state index in [4.69, 9.17) is 27.9 Å². The molecular formula is C17H18Cl2N2O4. The van der Waals surface area contributed by atoms with Gasteiger partial charge in [-0.2, -0.15) is 0 Å². The zero-order valence-corrected chi connectivity index (χ0v) is 15.2. The molecule has 2 aliphatic rings. The summed E-state index contributed by atoms with van der Waals surface area (Å²) in [4.78, 5) is 28.1. The molecule has 1 aromatic rings. The van der Waals surface area contributed by atoms with Crippen molar-refractivity contribution in [1.29, 1.82) is 0 Å². The van der Waals surface area contributed by atoms with Crippen molar-refractivity contribution < 1.29 is 19.4 Å². The van der Waals surface area contributed by atoms with Crippen molar-refractivity contribution >= 4 is 35.1 Å². The maximum atomic E-state index is 12.8. The Labute approximate surface area is 155 Å². The number of nitrogens with zero attached hydrogens (tertiary/aromatic N) is 2. The summed E-state index contributed by atoms with van der Waals surface area (Å²) in [5.74, 6) is -1.82. The fraction of sp³-hybridized carbons (Fsp3) is 0.412. The van der Waals surface area contributed by atoms with Crippen molar-refractivity contribution in [2.45, 2.75) is 13.5 Å². The second-order valence-electron chi connectivity index (χ2n) is 5.96. The van der Waals surface area contributed by atoms with Gasteiger partial charge in [0.25, 0.3) is 5.91 Å². The summed E-state index contributed by atoms with van der Waals surface area (Å²) in [7, 11) is 0. The molecule has 134 valence electrons. The highest BCUT2D eigenvalue weighted by atomic mass is 35.5. The van der Waals surface area contributed by atoms with Crippen LogP contribution in [0.1, 0.15) is 12.5 Å². The van der Waals surface area contributed by atoms with E-state index in [-0.39, 0.29) is 30.5 Å². The number of ether oxygens (including phenoxy) is 1. The van der Waals surface area contributed by atoms with Crippen molar-refractivity contribution in [3.05, 3.63) is 45.3 Å². The van der Waals surface area contributed by atoms with Crippen LogP contribution in [0.2, 0.25) is 10.0 Å². The molecule has 8 heteroatoms. The average Bonchev–Trinajstić information content (AvgIpc) is 2.91. The molecule has 1 unspecified atom stereocenters.